The van der Waals surface area contributed by atoms with E-state index < -0.39 is 21.6 Å². The first-order chi connectivity index (χ1) is 13.1. The van der Waals surface area contributed by atoms with Gasteiger partial charge in [-0.2, -0.15) is 4.31 Å². The van der Waals surface area contributed by atoms with Crippen molar-refractivity contribution in [2.45, 2.75) is 63.1 Å². The van der Waals surface area contributed by atoms with E-state index in [9.17, 15) is 18.0 Å². The van der Waals surface area contributed by atoms with Gasteiger partial charge in [-0.1, -0.05) is 0 Å². The fraction of sp³-hybridized carbons (Fsp3) is 0.579. The molecular weight excluding hydrogens is 382 g/mol. The van der Waals surface area contributed by atoms with Gasteiger partial charge in [0, 0.05) is 19.1 Å². The molecule has 8 nitrogen and oxygen atoms in total. The van der Waals surface area contributed by atoms with Crippen molar-refractivity contribution in [3.8, 4) is 5.75 Å². The average Bonchev–Trinajstić information content (AvgIpc) is 2.85. The number of nitrogens with zero attached hydrogens (tertiary/aromatic N) is 2. The fourth-order valence-electron chi connectivity index (χ4n) is 3.67. The van der Waals surface area contributed by atoms with Crippen LogP contribution in [0.5, 0.6) is 5.75 Å². The summed E-state index contributed by atoms with van der Waals surface area (Å²) in [7, 11) is -3.67. The maximum atomic E-state index is 12.9. The summed E-state index contributed by atoms with van der Waals surface area (Å²) in [4.78, 5) is 26.3. The number of ether oxygens (including phenoxy) is 1. The van der Waals surface area contributed by atoms with Gasteiger partial charge in [0.05, 0.1) is 11.0 Å². The van der Waals surface area contributed by atoms with Gasteiger partial charge in [-0.05, 0) is 64.8 Å². The van der Waals surface area contributed by atoms with Gasteiger partial charge in [0.1, 0.15) is 11.3 Å². The Bertz CT molecular complexity index is 856. The van der Waals surface area contributed by atoms with Crippen molar-refractivity contribution in [2.75, 3.05) is 13.1 Å². The van der Waals surface area contributed by atoms with Crippen LogP contribution in [0, 0.1) is 0 Å². The summed E-state index contributed by atoms with van der Waals surface area (Å²) in [5.41, 5.74) is -0.998. The number of nitrogens with one attached hydrogen (secondary N) is 1. The lowest BCUT2D eigenvalue weighted by Gasteiger charge is -2.36. The van der Waals surface area contributed by atoms with E-state index in [-0.39, 0.29) is 48.9 Å². The summed E-state index contributed by atoms with van der Waals surface area (Å²) in [6.07, 6.45) is 0.522. The van der Waals surface area contributed by atoms with E-state index in [1.54, 1.807) is 26.0 Å². The quantitative estimate of drug-likeness (QED) is 0.750. The van der Waals surface area contributed by atoms with E-state index in [1.807, 2.05) is 13.8 Å². The minimum Gasteiger partial charge on any atom is -0.491 e. The average molecular weight is 410 g/mol. The molecule has 154 valence electrons. The summed E-state index contributed by atoms with van der Waals surface area (Å²) in [5, 5.41) is 2.79. The lowest BCUT2D eigenvalue weighted by molar-refractivity contribution is -0.133. The van der Waals surface area contributed by atoms with Crippen LogP contribution >= 0.6 is 0 Å². The molecule has 9 heteroatoms. The Hall–Kier alpha value is -2.13. The third kappa shape index (κ3) is 3.60. The van der Waals surface area contributed by atoms with Gasteiger partial charge in [-0.3, -0.25) is 9.69 Å². The number of carbonyl (C=O) groups is 2. The maximum absolute atomic E-state index is 12.9. The highest BCUT2D eigenvalue weighted by atomic mass is 32.2. The van der Waals surface area contributed by atoms with Crippen molar-refractivity contribution in [1.29, 1.82) is 0 Å². The summed E-state index contributed by atoms with van der Waals surface area (Å²) in [5.74, 6) is 0.347. The van der Waals surface area contributed by atoms with Crippen LogP contribution < -0.4 is 10.1 Å². The summed E-state index contributed by atoms with van der Waals surface area (Å²) >= 11 is 0. The van der Waals surface area contributed by atoms with E-state index in [1.165, 1.54) is 21.3 Å². The highest BCUT2D eigenvalue weighted by Gasteiger charge is 2.53. The molecule has 0 unspecified atom stereocenters. The van der Waals surface area contributed by atoms with E-state index in [0.29, 0.717) is 5.75 Å². The van der Waals surface area contributed by atoms with Crippen LogP contribution in [0.4, 0.5) is 4.79 Å². The molecule has 1 spiro atoms. The Balaban J connectivity index is 1.72. The smallest absolute Gasteiger partial charge is 0.325 e. The van der Waals surface area contributed by atoms with Crippen LogP contribution in [0.2, 0.25) is 0 Å². The van der Waals surface area contributed by atoms with Crippen LogP contribution in [0.15, 0.2) is 29.2 Å². The number of piperidine rings is 1. The normalized spacial score (nSPS) is 20.3. The highest BCUT2D eigenvalue weighted by Crippen LogP contribution is 2.33. The molecule has 0 radical (unpaired) electrons. The topological polar surface area (TPSA) is 96.0 Å². The lowest BCUT2D eigenvalue weighted by atomic mass is 9.88. The van der Waals surface area contributed by atoms with E-state index in [0.717, 1.165) is 0 Å². The van der Waals surface area contributed by atoms with E-state index >= 15 is 0 Å². The number of amides is 3. The molecule has 2 saturated heterocycles. The number of carbonyl (C=O) groups excluding carboxylic acids is 2. The summed E-state index contributed by atoms with van der Waals surface area (Å²) in [6, 6.07) is 5.69. The molecule has 0 bridgehead atoms. The van der Waals surface area contributed by atoms with Gasteiger partial charge in [0.15, 0.2) is 0 Å². The van der Waals surface area contributed by atoms with Crippen molar-refractivity contribution in [2.24, 2.45) is 0 Å². The van der Waals surface area contributed by atoms with Gasteiger partial charge in [-0.15, -0.1) is 0 Å². The largest absolute Gasteiger partial charge is 0.491 e. The molecule has 0 saturated carbocycles. The number of imide groups is 1. The molecule has 3 amide bonds. The third-order valence-corrected chi connectivity index (χ3v) is 7.03. The van der Waals surface area contributed by atoms with Gasteiger partial charge < -0.3 is 10.1 Å². The monoisotopic (exact) mass is 409 g/mol. The molecule has 0 atom stereocenters. The number of benzene rings is 1. The number of urea groups is 1. The minimum absolute atomic E-state index is 0.00491. The zero-order chi connectivity index (χ0) is 20.7. The molecule has 2 heterocycles. The molecule has 2 fully saturated rings. The minimum atomic E-state index is -3.67. The second-order valence-electron chi connectivity index (χ2n) is 7.82. The predicted octanol–water partition coefficient (Wildman–Crippen LogP) is 1.96. The number of sulfonamides is 1. The second-order valence-corrected chi connectivity index (χ2v) is 9.76. The molecule has 1 aromatic rings. The molecule has 1 aromatic carbocycles. The van der Waals surface area contributed by atoms with E-state index in [2.05, 4.69) is 5.32 Å². The molecule has 28 heavy (non-hydrogen) atoms. The Kier molecular flexibility index (Phi) is 5.42. The number of rotatable bonds is 5. The fourth-order valence-corrected chi connectivity index (χ4v) is 5.11. The number of hydrogen-bond acceptors (Lipinski definition) is 5. The summed E-state index contributed by atoms with van der Waals surface area (Å²) in [6.45, 7) is 7.70. The van der Waals surface area contributed by atoms with Gasteiger partial charge in [0.25, 0.3) is 5.91 Å². The Morgan fingerprint density at radius 2 is 1.61 bits per heavy atom. The molecule has 0 aromatic heterocycles. The Morgan fingerprint density at radius 1 is 1.04 bits per heavy atom. The first kappa shape index (κ1) is 20.6. The van der Waals surface area contributed by atoms with Crippen LogP contribution in [0.3, 0.4) is 0 Å². The van der Waals surface area contributed by atoms with Gasteiger partial charge in [0.2, 0.25) is 10.0 Å². The third-order valence-electron chi connectivity index (χ3n) is 5.12. The first-order valence-corrected chi connectivity index (χ1v) is 10.9. The lowest BCUT2D eigenvalue weighted by Crippen LogP contribution is -2.56. The zero-order valence-corrected chi connectivity index (χ0v) is 17.5. The molecule has 2 aliphatic heterocycles. The zero-order valence-electron chi connectivity index (χ0n) is 16.6. The van der Waals surface area contributed by atoms with Crippen molar-refractivity contribution in [1.82, 2.24) is 14.5 Å². The maximum Gasteiger partial charge on any atom is 0.325 e. The van der Waals surface area contributed by atoms with Crippen LogP contribution in [-0.2, 0) is 14.8 Å². The molecular formula is C19H27N3O5S. The van der Waals surface area contributed by atoms with Crippen LogP contribution in [0.25, 0.3) is 0 Å². The molecule has 0 aliphatic carbocycles. The predicted molar refractivity (Wildman–Crippen MR) is 103 cm³/mol. The van der Waals surface area contributed by atoms with Gasteiger partial charge >= 0.3 is 6.03 Å². The number of hydrogen-bond donors (Lipinski definition) is 1. The molecule has 1 N–H and O–H groups in total. The highest BCUT2D eigenvalue weighted by molar-refractivity contribution is 7.89. The van der Waals surface area contributed by atoms with Crippen molar-refractivity contribution in [3.63, 3.8) is 0 Å². The SMILES string of the molecule is CC(C)Oc1ccc(S(=O)(=O)N2CCC3(CC2)NC(=O)N(C(C)C)C3=O)cc1. The van der Waals surface area contributed by atoms with Crippen LogP contribution in [-0.4, -0.2) is 60.3 Å². The first-order valence-electron chi connectivity index (χ1n) is 9.49. The standard InChI is InChI=1S/C19H27N3O5S/c1-13(2)22-17(23)19(20-18(22)24)9-11-21(12-10-19)28(25,26)16-7-5-15(6-8-16)27-14(3)4/h5-8,13-14H,9-12H2,1-4H3,(H,20,24). The second kappa shape index (κ2) is 7.36. The van der Waals surface area contributed by atoms with Gasteiger partial charge in [-0.25, -0.2) is 13.2 Å². The van der Waals surface area contributed by atoms with Crippen LogP contribution in [0.1, 0.15) is 40.5 Å². The van der Waals surface area contributed by atoms with Crippen molar-refractivity contribution in [3.05, 3.63) is 24.3 Å². The molecule has 2 aliphatic rings. The van der Waals surface area contributed by atoms with Crippen molar-refractivity contribution < 1.29 is 22.7 Å². The summed E-state index contributed by atoms with van der Waals surface area (Å²) < 4.78 is 32.8. The van der Waals surface area contributed by atoms with Crippen molar-refractivity contribution >= 4 is 22.0 Å². The molecule has 3 rings (SSSR count). The Labute approximate surface area is 165 Å². The Morgan fingerprint density at radius 3 is 2.07 bits per heavy atom. The van der Waals surface area contributed by atoms with E-state index in [4.69, 9.17) is 4.74 Å².